The van der Waals surface area contributed by atoms with Crippen molar-refractivity contribution in [3.8, 4) is 0 Å². The highest BCUT2D eigenvalue weighted by molar-refractivity contribution is 8.13. The molecule has 0 saturated carbocycles. The minimum Gasteiger partial charge on any atom is -0.298 e. The average Bonchev–Trinajstić information content (AvgIpc) is 3.18. The lowest BCUT2D eigenvalue weighted by Crippen LogP contribution is -2.50. The molecule has 0 bridgehead atoms. The normalized spacial score (nSPS) is 17.6. The number of thioether (sulfide) groups is 1. The molecule has 0 spiro atoms. The van der Waals surface area contributed by atoms with Gasteiger partial charge in [-0.2, -0.15) is 0 Å². The van der Waals surface area contributed by atoms with E-state index in [1.165, 1.54) is 16.6 Å². The van der Waals surface area contributed by atoms with Gasteiger partial charge in [-0.1, -0.05) is 53.7 Å². The Kier molecular flexibility index (Phi) is 5.10. The molecule has 1 aromatic heterocycles. The van der Waals surface area contributed by atoms with Gasteiger partial charge in [0, 0.05) is 20.9 Å². The van der Waals surface area contributed by atoms with Crippen molar-refractivity contribution in [1.29, 1.82) is 0 Å². The highest BCUT2D eigenvalue weighted by Gasteiger charge is 2.34. The second kappa shape index (κ2) is 7.91. The molecule has 8 heteroatoms. The summed E-state index contributed by atoms with van der Waals surface area (Å²) in [5.74, 6) is 0.514. The van der Waals surface area contributed by atoms with Gasteiger partial charge < -0.3 is 0 Å². The molecule has 2 aliphatic rings. The van der Waals surface area contributed by atoms with Gasteiger partial charge in [0.1, 0.15) is 5.70 Å². The SMILES string of the molecule is Cc1ccc([C@H]2N=c3ccccc3=C3C(=O)NC(SCc4ccc(Cl)cc4)=NN32)s1. The summed E-state index contributed by atoms with van der Waals surface area (Å²) < 4.78 is 0. The van der Waals surface area contributed by atoms with Crippen molar-refractivity contribution >= 4 is 51.5 Å². The summed E-state index contributed by atoms with van der Waals surface area (Å²) in [6, 6.07) is 19.5. The maximum absolute atomic E-state index is 13.1. The first-order valence-corrected chi connectivity index (χ1v) is 11.6. The van der Waals surface area contributed by atoms with E-state index in [2.05, 4.69) is 24.4 Å². The number of nitrogens with zero attached hydrogens (tertiary/aromatic N) is 3. The van der Waals surface area contributed by atoms with Crippen LogP contribution in [0, 0.1) is 6.92 Å². The Hall–Kier alpha value is -2.61. The molecule has 3 aromatic rings. The number of amides is 1. The number of carbonyl (C=O) groups excluding carboxylic acids is 1. The van der Waals surface area contributed by atoms with E-state index in [9.17, 15) is 4.79 Å². The molecule has 150 valence electrons. The van der Waals surface area contributed by atoms with E-state index in [4.69, 9.17) is 21.7 Å². The average molecular weight is 453 g/mol. The molecular weight excluding hydrogens is 436 g/mol. The standard InChI is InChI=1S/C22H17ClN4OS2/c1-13-6-11-18(30-13)20-24-17-5-3-2-4-16(17)19-21(28)25-22(26-27(19)20)29-12-14-7-9-15(23)10-8-14/h2-11,20H,12H2,1H3,(H,25,26,28)/t20-/m0/s1. The van der Waals surface area contributed by atoms with Gasteiger partial charge in [0.05, 0.1) is 10.2 Å². The van der Waals surface area contributed by atoms with E-state index in [-0.39, 0.29) is 12.1 Å². The van der Waals surface area contributed by atoms with Gasteiger partial charge in [-0.25, -0.2) is 5.01 Å². The number of rotatable bonds is 3. The minimum absolute atomic E-state index is 0.163. The molecule has 1 atom stereocenters. The molecular formula is C22H17ClN4OS2. The smallest absolute Gasteiger partial charge is 0.276 e. The number of halogens is 1. The minimum atomic E-state index is -0.356. The topological polar surface area (TPSA) is 57.1 Å². The van der Waals surface area contributed by atoms with Gasteiger partial charge in [0.15, 0.2) is 11.3 Å². The van der Waals surface area contributed by atoms with Gasteiger partial charge in [0.2, 0.25) is 0 Å². The van der Waals surface area contributed by atoms with E-state index >= 15 is 0 Å². The van der Waals surface area contributed by atoms with Crippen molar-refractivity contribution in [3.05, 3.63) is 91.6 Å². The zero-order valence-corrected chi connectivity index (χ0v) is 18.4. The van der Waals surface area contributed by atoms with Crippen LogP contribution in [0.4, 0.5) is 0 Å². The molecule has 5 nitrogen and oxygen atoms in total. The number of hydrazone groups is 1. The van der Waals surface area contributed by atoms with Crippen molar-refractivity contribution in [3.63, 3.8) is 0 Å². The first-order chi connectivity index (χ1) is 14.6. The van der Waals surface area contributed by atoms with Crippen LogP contribution in [0.5, 0.6) is 0 Å². The molecule has 0 unspecified atom stereocenters. The van der Waals surface area contributed by atoms with E-state index in [0.717, 1.165) is 21.0 Å². The van der Waals surface area contributed by atoms with Crippen LogP contribution in [-0.4, -0.2) is 16.1 Å². The van der Waals surface area contributed by atoms with Crippen LogP contribution < -0.4 is 15.9 Å². The first kappa shape index (κ1) is 19.4. The Bertz CT molecular complexity index is 1280. The third kappa shape index (κ3) is 3.64. The quantitative estimate of drug-likeness (QED) is 0.657. The number of para-hydroxylation sites is 1. The molecule has 2 aromatic carbocycles. The Morgan fingerprint density at radius 2 is 1.93 bits per heavy atom. The Labute approximate surface area is 186 Å². The molecule has 1 N–H and O–H groups in total. The lowest BCUT2D eigenvalue weighted by molar-refractivity contribution is -0.116. The summed E-state index contributed by atoms with van der Waals surface area (Å²) >= 11 is 9.12. The number of hydrogen-bond donors (Lipinski definition) is 1. The molecule has 1 amide bonds. The van der Waals surface area contributed by atoms with Crippen molar-refractivity contribution in [2.24, 2.45) is 10.1 Å². The predicted molar refractivity (Wildman–Crippen MR) is 123 cm³/mol. The fourth-order valence-electron chi connectivity index (χ4n) is 3.40. The van der Waals surface area contributed by atoms with E-state index < -0.39 is 0 Å². The summed E-state index contributed by atoms with van der Waals surface area (Å²) in [7, 11) is 0. The molecule has 0 radical (unpaired) electrons. The van der Waals surface area contributed by atoms with E-state index in [1.54, 1.807) is 16.3 Å². The monoisotopic (exact) mass is 452 g/mol. The Morgan fingerprint density at radius 3 is 2.70 bits per heavy atom. The number of fused-ring (bicyclic) bond motifs is 2. The number of hydrogen-bond acceptors (Lipinski definition) is 6. The van der Waals surface area contributed by atoms with Crippen molar-refractivity contribution in [2.75, 3.05) is 0 Å². The fourth-order valence-corrected chi connectivity index (χ4v) is 5.24. The van der Waals surface area contributed by atoms with E-state index in [1.807, 2.05) is 48.5 Å². The van der Waals surface area contributed by atoms with Gasteiger partial charge in [-0.15, -0.1) is 16.4 Å². The molecule has 0 saturated heterocycles. The molecule has 5 rings (SSSR count). The zero-order chi connectivity index (χ0) is 20.7. The number of nitrogens with one attached hydrogen (secondary N) is 1. The number of thiophene rings is 1. The van der Waals surface area contributed by atoms with Crippen molar-refractivity contribution in [1.82, 2.24) is 10.3 Å². The highest BCUT2D eigenvalue weighted by Crippen LogP contribution is 2.34. The van der Waals surface area contributed by atoms with Crippen LogP contribution in [0.15, 0.2) is 70.8 Å². The molecule has 30 heavy (non-hydrogen) atoms. The maximum atomic E-state index is 13.1. The summed E-state index contributed by atoms with van der Waals surface area (Å²) in [4.78, 5) is 20.3. The lowest BCUT2D eigenvalue weighted by Gasteiger charge is -2.33. The first-order valence-electron chi connectivity index (χ1n) is 9.38. The number of carbonyl (C=O) groups is 1. The van der Waals surface area contributed by atoms with Crippen molar-refractivity contribution < 1.29 is 4.79 Å². The summed E-state index contributed by atoms with van der Waals surface area (Å²) in [6.45, 7) is 2.06. The number of amidine groups is 1. The Balaban J connectivity index is 1.54. The molecule has 2 aliphatic heterocycles. The lowest BCUT2D eigenvalue weighted by atomic mass is 10.1. The van der Waals surface area contributed by atoms with Gasteiger partial charge in [-0.3, -0.25) is 15.1 Å². The van der Waals surface area contributed by atoms with Gasteiger partial charge in [0.25, 0.3) is 5.91 Å². The Morgan fingerprint density at radius 1 is 1.13 bits per heavy atom. The maximum Gasteiger partial charge on any atom is 0.276 e. The largest absolute Gasteiger partial charge is 0.298 e. The second-order valence-corrected chi connectivity index (χ2v) is 9.66. The summed E-state index contributed by atoms with van der Waals surface area (Å²) in [5.41, 5.74) is 1.64. The molecule has 3 heterocycles. The summed E-state index contributed by atoms with van der Waals surface area (Å²) in [5, 5.41) is 12.4. The third-order valence-corrected chi connectivity index (χ3v) is 7.05. The van der Waals surface area contributed by atoms with Crippen LogP contribution in [0.25, 0.3) is 5.70 Å². The second-order valence-electron chi connectivity index (χ2n) is 6.94. The number of aryl methyl sites for hydroxylation is 1. The van der Waals surface area contributed by atoms with Crippen molar-refractivity contribution in [2.45, 2.75) is 18.8 Å². The summed E-state index contributed by atoms with van der Waals surface area (Å²) in [6.07, 6.45) is -0.356. The van der Waals surface area contributed by atoms with Crippen LogP contribution in [0.3, 0.4) is 0 Å². The van der Waals surface area contributed by atoms with Crippen LogP contribution >= 0.6 is 34.7 Å². The van der Waals surface area contributed by atoms with E-state index in [0.29, 0.717) is 21.6 Å². The fraction of sp³-hybridized carbons (Fsp3) is 0.136. The molecule has 0 aliphatic carbocycles. The van der Waals surface area contributed by atoms with Crippen LogP contribution in [0.2, 0.25) is 5.02 Å². The third-order valence-electron chi connectivity index (χ3n) is 4.82. The zero-order valence-electron chi connectivity index (χ0n) is 16.0. The van der Waals surface area contributed by atoms with Gasteiger partial charge in [-0.05, 0) is 42.8 Å². The molecule has 0 fully saturated rings. The predicted octanol–water partition coefficient (Wildman–Crippen LogP) is 3.79. The highest BCUT2D eigenvalue weighted by atomic mass is 35.5. The number of benzene rings is 2. The van der Waals surface area contributed by atoms with Crippen LogP contribution in [-0.2, 0) is 10.5 Å². The van der Waals surface area contributed by atoms with Crippen LogP contribution in [0.1, 0.15) is 21.5 Å². The van der Waals surface area contributed by atoms with Gasteiger partial charge >= 0.3 is 0 Å².